The van der Waals surface area contributed by atoms with Crippen LogP contribution in [0.1, 0.15) is 6.42 Å². The molecule has 1 aliphatic rings. The summed E-state index contributed by atoms with van der Waals surface area (Å²) in [5, 5.41) is 6.30. The predicted octanol–water partition coefficient (Wildman–Crippen LogP) is 5.08. The van der Waals surface area contributed by atoms with Crippen LogP contribution >= 0.6 is 0 Å². The van der Waals surface area contributed by atoms with Crippen molar-refractivity contribution in [2.24, 2.45) is 0 Å². The predicted molar refractivity (Wildman–Crippen MR) is 138 cm³/mol. The van der Waals surface area contributed by atoms with E-state index in [-0.39, 0.29) is 17.6 Å². The minimum Gasteiger partial charge on any atom is -0.487 e. The zero-order valence-electron chi connectivity index (χ0n) is 20.0. The number of anilines is 3. The number of amides is 1. The summed E-state index contributed by atoms with van der Waals surface area (Å²) in [6.45, 7) is 4.69. The smallest absolute Gasteiger partial charge is 0.283 e. The van der Waals surface area contributed by atoms with Crippen LogP contribution in [0.2, 0.25) is 0 Å². The van der Waals surface area contributed by atoms with Crippen molar-refractivity contribution < 1.29 is 18.3 Å². The summed E-state index contributed by atoms with van der Waals surface area (Å²) in [7, 11) is 2.00. The number of likely N-dealkylation sites (tertiary alicyclic amines) is 1. The summed E-state index contributed by atoms with van der Waals surface area (Å²) in [5.74, 6) is -1.67. The lowest BCUT2D eigenvalue weighted by atomic mass is 10.1. The van der Waals surface area contributed by atoms with Crippen LogP contribution in [-0.2, 0) is 4.79 Å². The molecule has 1 atom stereocenters. The SMILES string of the molecule is C=C(F)C(=O)Nc1cc2c(Nc3ccnc(-c4ccccc4F)c3)ncnc2cc1OC1CCN(C)C1. The lowest BCUT2D eigenvalue weighted by Gasteiger charge is -2.18. The van der Waals surface area contributed by atoms with E-state index in [4.69, 9.17) is 4.74 Å². The summed E-state index contributed by atoms with van der Waals surface area (Å²) < 4.78 is 34.0. The molecular formula is C27H24F2N6O2. The van der Waals surface area contributed by atoms with E-state index in [1.807, 2.05) is 7.05 Å². The van der Waals surface area contributed by atoms with Gasteiger partial charge in [-0.1, -0.05) is 18.7 Å². The average Bonchev–Trinajstić information content (AvgIpc) is 3.29. The number of likely N-dealkylation sites (N-methyl/N-ethyl adjacent to an activating group) is 1. The first-order valence-electron chi connectivity index (χ1n) is 11.6. The Kier molecular flexibility index (Phi) is 6.74. The summed E-state index contributed by atoms with van der Waals surface area (Å²) in [4.78, 5) is 27.3. The fraction of sp³-hybridized carbons (Fsp3) is 0.185. The molecule has 1 aliphatic heterocycles. The molecule has 2 aromatic heterocycles. The van der Waals surface area contributed by atoms with Crippen LogP contribution in [0.15, 0.2) is 73.5 Å². The van der Waals surface area contributed by atoms with Gasteiger partial charge in [-0.3, -0.25) is 9.78 Å². The molecule has 5 rings (SSSR count). The molecule has 1 fully saturated rings. The van der Waals surface area contributed by atoms with Gasteiger partial charge >= 0.3 is 0 Å². The highest BCUT2D eigenvalue weighted by Gasteiger charge is 2.23. The molecule has 8 nitrogen and oxygen atoms in total. The van der Waals surface area contributed by atoms with Gasteiger partial charge in [0.2, 0.25) is 0 Å². The Balaban J connectivity index is 1.51. The van der Waals surface area contributed by atoms with Crippen LogP contribution in [0.5, 0.6) is 5.75 Å². The molecule has 37 heavy (non-hydrogen) atoms. The quantitative estimate of drug-likeness (QED) is 0.341. The van der Waals surface area contributed by atoms with Gasteiger partial charge in [-0.2, -0.15) is 0 Å². The van der Waals surface area contributed by atoms with Crippen LogP contribution in [-0.4, -0.2) is 52.0 Å². The number of nitrogens with one attached hydrogen (secondary N) is 2. The van der Waals surface area contributed by atoms with Crippen LogP contribution < -0.4 is 15.4 Å². The normalized spacial score (nSPS) is 15.5. The molecule has 0 saturated carbocycles. The maximum Gasteiger partial charge on any atom is 0.283 e. The highest BCUT2D eigenvalue weighted by atomic mass is 19.1. The van der Waals surface area contributed by atoms with Crippen LogP contribution in [0.4, 0.5) is 26.0 Å². The Morgan fingerprint density at radius 1 is 1.16 bits per heavy atom. The summed E-state index contributed by atoms with van der Waals surface area (Å²) in [6, 6.07) is 13.1. The number of carbonyl (C=O) groups excluding carboxylic acids is 1. The summed E-state index contributed by atoms with van der Waals surface area (Å²) in [5.41, 5.74) is 2.26. The average molecular weight is 503 g/mol. The maximum atomic E-state index is 14.3. The van der Waals surface area contributed by atoms with Gasteiger partial charge in [-0.25, -0.2) is 18.7 Å². The maximum absolute atomic E-state index is 14.3. The van der Waals surface area contributed by atoms with Gasteiger partial charge in [0, 0.05) is 42.0 Å². The molecule has 1 amide bonds. The number of fused-ring (bicyclic) bond motifs is 1. The first-order chi connectivity index (χ1) is 17.9. The van der Waals surface area contributed by atoms with E-state index >= 15 is 0 Å². The van der Waals surface area contributed by atoms with Gasteiger partial charge in [0.25, 0.3) is 5.91 Å². The van der Waals surface area contributed by atoms with Gasteiger partial charge in [0.1, 0.15) is 29.8 Å². The number of benzene rings is 2. The number of carbonyl (C=O) groups is 1. The molecule has 2 N–H and O–H groups in total. The Hall–Kier alpha value is -4.44. The monoisotopic (exact) mass is 502 g/mol. The fourth-order valence-electron chi connectivity index (χ4n) is 4.20. The topological polar surface area (TPSA) is 92.3 Å². The molecule has 0 bridgehead atoms. The molecule has 0 spiro atoms. The molecule has 2 aromatic carbocycles. The first-order valence-corrected chi connectivity index (χ1v) is 11.6. The lowest BCUT2D eigenvalue weighted by Crippen LogP contribution is -2.22. The third-order valence-electron chi connectivity index (χ3n) is 6.05. The van der Waals surface area contributed by atoms with Crippen molar-refractivity contribution >= 4 is 34.0 Å². The minimum atomic E-state index is -1.12. The zero-order chi connectivity index (χ0) is 25.9. The second-order valence-electron chi connectivity index (χ2n) is 8.77. The second kappa shape index (κ2) is 10.3. The van der Waals surface area contributed by atoms with E-state index in [1.165, 1.54) is 12.4 Å². The standard InChI is InChI=1S/C27H24F2N6O2/c1-16(28)27(36)34-24-12-20-23(13-25(24)37-18-8-10-35(2)14-18)31-15-32-26(20)33-17-7-9-30-22(11-17)19-5-3-4-6-21(19)29/h3-7,9,11-13,15,18H,1,8,10,14H2,2H3,(H,34,36)(H,30,31,32,33). The van der Waals surface area contributed by atoms with Crippen molar-refractivity contribution in [1.82, 2.24) is 19.9 Å². The van der Waals surface area contributed by atoms with Crippen molar-refractivity contribution in [3.63, 3.8) is 0 Å². The fourth-order valence-corrected chi connectivity index (χ4v) is 4.20. The van der Waals surface area contributed by atoms with E-state index < -0.39 is 11.7 Å². The van der Waals surface area contributed by atoms with Crippen molar-refractivity contribution in [2.45, 2.75) is 12.5 Å². The molecule has 1 unspecified atom stereocenters. The molecule has 10 heteroatoms. The van der Waals surface area contributed by atoms with E-state index in [2.05, 4.69) is 37.1 Å². The number of hydrogen-bond acceptors (Lipinski definition) is 7. The number of ether oxygens (including phenoxy) is 1. The molecule has 188 valence electrons. The van der Waals surface area contributed by atoms with Crippen molar-refractivity contribution in [3.8, 4) is 17.0 Å². The second-order valence-corrected chi connectivity index (χ2v) is 8.77. The van der Waals surface area contributed by atoms with Gasteiger partial charge in [0.15, 0.2) is 5.83 Å². The van der Waals surface area contributed by atoms with E-state index in [9.17, 15) is 13.6 Å². The Bertz CT molecular complexity index is 1500. The molecule has 3 heterocycles. The largest absolute Gasteiger partial charge is 0.487 e. The number of nitrogens with zero attached hydrogens (tertiary/aromatic N) is 4. The van der Waals surface area contributed by atoms with Crippen molar-refractivity contribution in [1.29, 1.82) is 0 Å². The number of halogens is 2. The first kappa shape index (κ1) is 24.3. The molecule has 4 aromatic rings. The van der Waals surface area contributed by atoms with Gasteiger partial charge in [-0.15, -0.1) is 0 Å². The lowest BCUT2D eigenvalue weighted by molar-refractivity contribution is -0.114. The molecule has 1 saturated heterocycles. The zero-order valence-corrected chi connectivity index (χ0v) is 20.0. The number of aromatic nitrogens is 3. The van der Waals surface area contributed by atoms with Gasteiger partial charge in [0.05, 0.1) is 16.9 Å². The Morgan fingerprint density at radius 3 is 2.76 bits per heavy atom. The molecular weight excluding hydrogens is 478 g/mol. The van der Waals surface area contributed by atoms with Crippen LogP contribution in [0, 0.1) is 5.82 Å². The number of pyridine rings is 1. The Morgan fingerprint density at radius 2 is 2.00 bits per heavy atom. The number of hydrogen-bond donors (Lipinski definition) is 2. The minimum absolute atomic E-state index is 0.0836. The van der Waals surface area contributed by atoms with E-state index in [0.29, 0.717) is 39.4 Å². The van der Waals surface area contributed by atoms with E-state index in [1.54, 1.807) is 48.7 Å². The third kappa shape index (κ3) is 5.39. The van der Waals surface area contributed by atoms with Crippen LogP contribution in [0.25, 0.3) is 22.2 Å². The molecule has 0 aliphatic carbocycles. The highest BCUT2D eigenvalue weighted by Crippen LogP contribution is 2.35. The van der Waals surface area contributed by atoms with Crippen molar-refractivity contribution in [2.75, 3.05) is 30.8 Å². The Labute approximate surface area is 212 Å². The van der Waals surface area contributed by atoms with E-state index in [0.717, 1.165) is 19.5 Å². The van der Waals surface area contributed by atoms with Gasteiger partial charge in [-0.05, 0) is 43.8 Å². The van der Waals surface area contributed by atoms with Crippen LogP contribution in [0.3, 0.4) is 0 Å². The molecule has 0 radical (unpaired) electrons. The summed E-state index contributed by atoms with van der Waals surface area (Å²) >= 11 is 0. The number of rotatable bonds is 7. The summed E-state index contributed by atoms with van der Waals surface area (Å²) in [6.07, 6.45) is 3.70. The van der Waals surface area contributed by atoms with Crippen molar-refractivity contribution in [3.05, 3.63) is 79.3 Å². The third-order valence-corrected chi connectivity index (χ3v) is 6.05. The highest BCUT2D eigenvalue weighted by molar-refractivity contribution is 6.05. The van der Waals surface area contributed by atoms with Gasteiger partial charge < -0.3 is 20.3 Å².